The van der Waals surface area contributed by atoms with E-state index in [-0.39, 0.29) is 12.6 Å². The molecule has 29 heavy (non-hydrogen) atoms. The Morgan fingerprint density at radius 3 is 2.52 bits per heavy atom. The van der Waals surface area contributed by atoms with Crippen LogP contribution in [0, 0.1) is 0 Å². The lowest BCUT2D eigenvalue weighted by Gasteiger charge is -2.21. The van der Waals surface area contributed by atoms with Crippen molar-refractivity contribution >= 4 is 33.8 Å². The van der Waals surface area contributed by atoms with Crippen molar-refractivity contribution < 1.29 is 14.6 Å². The highest BCUT2D eigenvalue weighted by Gasteiger charge is 2.18. The van der Waals surface area contributed by atoms with Gasteiger partial charge in [0, 0.05) is 16.3 Å². The van der Waals surface area contributed by atoms with Crippen molar-refractivity contribution in [1.82, 2.24) is 5.32 Å². The van der Waals surface area contributed by atoms with Gasteiger partial charge in [-0.15, -0.1) is 0 Å². The van der Waals surface area contributed by atoms with Gasteiger partial charge in [-0.2, -0.15) is 0 Å². The number of carboxylic acid groups (broad SMARTS) is 1. The molecule has 0 bridgehead atoms. The van der Waals surface area contributed by atoms with Gasteiger partial charge in [0.05, 0.1) is 25.4 Å². The van der Waals surface area contributed by atoms with Gasteiger partial charge in [0.25, 0.3) is 0 Å². The van der Waals surface area contributed by atoms with Crippen LogP contribution in [-0.2, 0) is 4.79 Å². The highest BCUT2D eigenvalue weighted by Crippen LogP contribution is 2.33. The Labute approximate surface area is 178 Å². The van der Waals surface area contributed by atoms with Gasteiger partial charge in [0.1, 0.15) is 5.75 Å². The molecule has 2 N–H and O–H groups in total. The van der Waals surface area contributed by atoms with Crippen LogP contribution >= 0.6 is 15.9 Å². The van der Waals surface area contributed by atoms with E-state index in [4.69, 9.17) is 9.84 Å². The molecule has 0 saturated heterocycles. The summed E-state index contributed by atoms with van der Waals surface area (Å²) in [6.45, 7) is -0.159. The SMILES string of the molecule is COc1ccc(C=Nc2ccc(Br)cc2C(NCC(=O)O)c2ccccc2)cc1. The van der Waals surface area contributed by atoms with Crippen molar-refractivity contribution in [3.8, 4) is 5.75 Å². The van der Waals surface area contributed by atoms with E-state index in [2.05, 4.69) is 26.2 Å². The largest absolute Gasteiger partial charge is 0.497 e. The van der Waals surface area contributed by atoms with Crippen LogP contribution in [0.2, 0.25) is 0 Å². The fourth-order valence-electron chi connectivity index (χ4n) is 2.95. The van der Waals surface area contributed by atoms with Crippen molar-refractivity contribution in [2.24, 2.45) is 4.99 Å². The number of carbonyl (C=O) groups is 1. The molecule has 0 saturated carbocycles. The molecule has 0 aliphatic heterocycles. The molecule has 0 amide bonds. The van der Waals surface area contributed by atoms with Gasteiger partial charge in [-0.1, -0.05) is 46.3 Å². The maximum atomic E-state index is 11.2. The summed E-state index contributed by atoms with van der Waals surface area (Å²) >= 11 is 3.52. The maximum Gasteiger partial charge on any atom is 0.317 e. The average molecular weight is 453 g/mol. The molecule has 148 valence electrons. The Balaban J connectivity index is 1.98. The number of hydrogen-bond acceptors (Lipinski definition) is 4. The number of ether oxygens (including phenoxy) is 1. The molecule has 1 unspecified atom stereocenters. The van der Waals surface area contributed by atoms with Gasteiger partial charge in [-0.25, -0.2) is 0 Å². The molecule has 3 aromatic rings. The van der Waals surface area contributed by atoms with E-state index in [0.29, 0.717) is 0 Å². The van der Waals surface area contributed by atoms with Crippen molar-refractivity contribution in [3.63, 3.8) is 0 Å². The third-order valence-electron chi connectivity index (χ3n) is 4.36. The third-order valence-corrected chi connectivity index (χ3v) is 4.85. The first kappa shape index (κ1) is 20.8. The summed E-state index contributed by atoms with van der Waals surface area (Å²) in [6, 6.07) is 22.8. The zero-order valence-corrected chi connectivity index (χ0v) is 17.5. The Bertz CT molecular complexity index is 989. The number of carboxylic acids is 1. The lowest BCUT2D eigenvalue weighted by atomic mass is 9.97. The van der Waals surface area contributed by atoms with Gasteiger partial charge in [0.15, 0.2) is 0 Å². The summed E-state index contributed by atoms with van der Waals surface area (Å²) in [5.74, 6) is -0.127. The molecule has 0 fully saturated rings. The number of aliphatic imine (C=N–C) groups is 1. The molecule has 3 aromatic carbocycles. The first-order valence-electron chi connectivity index (χ1n) is 9.04. The number of methoxy groups -OCH3 is 1. The first-order chi connectivity index (χ1) is 14.1. The van der Waals surface area contributed by atoms with E-state index in [1.165, 1.54) is 0 Å². The van der Waals surface area contributed by atoms with Crippen LogP contribution in [0.5, 0.6) is 5.75 Å². The number of nitrogens with zero attached hydrogens (tertiary/aromatic N) is 1. The van der Waals surface area contributed by atoms with Gasteiger partial charge in [-0.3, -0.25) is 15.1 Å². The predicted molar refractivity (Wildman–Crippen MR) is 118 cm³/mol. The zero-order valence-electron chi connectivity index (χ0n) is 15.9. The standard InChI is InChI=1S/C23H21BrN2O3/c1-29-19-10-7-16(8-11-19)14-25-21-12-9-18(24)13-20(21)23(26-15-22(27)28)17-5-3-2-4-6-17/h2-14,23,26H,15H2,1H3,(H,27,28). The van der Waals surface area contributed by atoms with E-state index in [0.717, 1.165) is 32.6 Å². The van der Waals surface area contributed by atoms with Gasteiger partial charge in [0.2, 0.25) is 0 Å². The smallest absolute Gasteiger partial charge is 0.317 e. The lowest BCUT2D eigenvalue weighted by molar-refractivity contribution is -0.136. The van der Waals surface area contributed by atoms with Crippen LogP contribution in [0.15, 0.2) is 82.3 Å². The van der Waals surface area contributed by atoms with Crippen molar-refractivity contribution in [2.45, 2.75) is 6.04 Å². The highest BCUT2D eigenvalue weighted by molar-refractivity contribution is 9.10. The summed E-state index contributed by atoms with van der Waals surface area (Å²) in [5, 5.41) is 12.3. The van der Waals surface area contributed by atoms with E-state index < -0.39 is 5.97 Å². The molecular formula is C23H21BrN2O3. The minimum atomic E-state index is -0.913. The minimum absolute atomic E-state index is 0.159. The van der Waals surface area contributed by atoms with Crippen molar-refractivity contribution in [1.29, 1.82) is 0 Å². The molecule has 1 atom stereocenters. The van der Waals surface area contributed by atoms with E-state index in [9.17, 15) is 4.79 Å². The number of rotatable bonds is 8. The van der Waals surface area contributed by atoms with Crippen LogP contribution in [-0.4, -0.2) is 30.9 Å². The Morgan fingerprint density at radius 1 is 1.14 bits per heavy atom. The second-order valence-corrected chi connectivity index (χ2v) is 7.27. The second-order valence-electron chi connectivity index (χ2n) is 6.35. The first-order valence-corrected chi connectivity index (χ1v) is 9.84. The van der Waals surface area contributed by atoms with Crippen LogP contribution < -0.4 is 10.1 Å². The van der Waals surface area contributed by atoms with Crippen molar-refractivity contribution in [2.75, 3.05) is 13.7 Å². The lowest BCUT2D eigenvalue weighted by Crippen LogP contribution is -2.28. The molecular weight excluding hydrogens is 432 g/mol. The Morgan fingerprint density at radius 2 is 1.86 bits per heavy atom. The maximum absolute atomic E-state index is 11.2. The van der Waals surface area contributed by atoms with E-state index in [1.807, 2.05) is 72.8 Å². The molecule has 3 rings (SSSR count). The van der Waals surface area contributed by atoms with Gasteiger partial charge >= 0.3 is 5.97 Å². The quantitative estimate of drug-likeness (QED) is 0.473. The van der Waals surface area contributed by atoms with Crippen molar-refractivity contribution in [3.05, 3.63) is 94.0 Å². The summed E-state index contributed by atoms with van der Waals surface area (Å²) < 4.78 is 6.08. The number of benzene rings is 3. The number of nitrogens with one attached hydrogen (secondary N) is 1. The summed E-state index contributed by atoms with van der Waals surface area (Å²) in [7, 11) is 1.63. The van der Waals surface area contributed by atoms with Crippen LogP contribution in [0.4, 0.5) is 5.69 Å². The number of aliphatic carboxylic acids is 1. The fraction of sp³-hybridized carbons (Fsp3) is 0.130. The predicted octanol–water partition coefficient (Wildman–Crippen LogP) is 4.97. The molecule has 0 radical (unpaired) electrons. The molecule has 5 nitrogen and oxygen atoms in total. The molecule has 0 heterocycles. The Kier molecular flexibility index (Phi) is 7.16. The second kappa shape index (κ2) is 10.0. The molecule has 0 aliphatic rings. The normalized spacial score (nSPS) is 12.1. The average Bonchev–Trinajstić information content (AvgIpc) is 2.74. The van der Waals surface area contributed by atoms with Crippen LogP contribution in [0.3, 0.4) is 0 Å². The van der Waals surface area contributed by atoms with Gasteiger partial charge < -0.3 is 9.84 Å². The monoisotopic (exact) mass is 452 g/mol. The van der Waals surface area contributed by atoms with Gasteiger partial charge in [-0.05, 0) is 53.6 Å². The van der Waals surface area contributed by atoms with Crippen LogP contribution in [0.1, 0.15) is 22.7 Å². The topological polar surface area (TPSA) is 70.9 Å². The fourth-order valence-corrected chi connectivity index (χ4v) is 3.33. The number of hydrogen-bond donors (Lipinski definition) is 2. The number of halogens is 1. The minimum Gasteiger partial charge on any atom is -0.497 e. The Hall–Kier alpha value is -2.96. The van der Waals surface area contributed by atoms with E-state index in [1.54, 1.807) is 13.3 Å². The van der Waals surface area contributed by atoms with E-state index >= 15 is 0 Å². The third kappa shape index (κ3) is 5.76. The zero-order chi connectivity index (χ0) is 20.6. The summed E-state index contributed by atoms with van der Waals surface area (Å²) in [5.41, 5.74) is 3.55. The highest BCUT2D eigenvalue weighted by atomic mass is 79.9. The van der Waals surface area contributed by atoms with Crippen LogP contribution in [0.25, 0.3) is 0 Å². The molecule has 6 heteroatoms. The molecule has 0 aliphatic carbocycles. The summed E-state index contributed by atoms with van der Waals surface area (Å²) in [4.78, 5) is 15.8. The summed E-state index contributed by atoms with van der Waals surface area (Å²) in [6.07, 6.45) is 1.78. The molecule has 0 aromatic heterocycles. The molecule has 0 spiro atoms.